The molecule has 0 bridgehead atoms. The highest BCUT2D eigenvalue weighted by Gasteiger charge is 2.45. The third-order valence-corrected chi connectivity index (χ3v) is 6.44. The van der Waals surface area contributed by atoms with Gasteiger partial charge in [-0.15, -0.1) is 10.2 Å². The van der Waals surface area contributed by atoms with Crippen LogP contribution in [0.2, 0.25) is 0 Å². The van der Waals surface area contributed by atoms with Gasteiger partial charge in [-0.3, -0.25) is 9.59 Å². The number of hydrogen-bond donors (Lipinski definition) is 2. The summed E-state index contributed by atoms with van der Waals surface area (Å²) >= 11 is 0. The normalized spacial score (nSPS) is 25.5. The lowest BCUT2D eigenvalue weighted by molar-refractivity contribution is 0.0777. The van der Waals surface area contributed by atoms with E-state index >= 15 is 0 Å². The Balaban J connectivity index is 1.25. The van der Waals surface area contributed by atoms with Crippen LogP contribution in [0.4, 0.5) is 5.95 Å². The highest BCUT2D eigenvalue weighted by atomic mass is 16.2. The van der Waals surface area contributed by atoms with Crippen LogP contribution in [-0.2, 0) is 13.0 Å². The zero-order chi connectivity index (χ0) is 20.0. The Bertz CT molecular complexity index is 940. The van der Waals surface area contributed by atoms with Crippen molar-refractivity contribution in [3.05, 3.63) is 29.6 Å². The molecule has 2 aliphatic heterocycles. The molecule has 3 atom stereocenters. The summed E-state index contributed by atoms with van der Waals surface area (Å²) in [6, 6.07) is 0.0458. The van der Waals surface area contributed by atoms with Gasteiger partial charge < -0.3 is 20.5 Å². The molecule has 3 N–H and O–H groups in total. The monoisotopic (exact) mass is 396 g/mol. The molecule has 5 rings (SSSR count). The van der Waals surface area contributed by atoms with Gasteiger partial charge in [0.25, 0.3) is 11.8 Å². The van der Waals surface area contributed by atoms with E-state index in [4.69, 9.17) is 5.73 Å². The highest BCUT2D eigenvalue weighted by Crippen LogP contribution is 2.38. The number of rotatable bonds is 3. The first-order valence-electron chi connectivity index (χ1n) is 10.2. The summed E-state index contributed by atoms with van der Waals surface area (Å²) < 4.78 is 1.94. The van der Waals surface area contributed by atoms with Gasteiger partial charge in [0.1, 0.15) is 5.82 Å². The Labute approximate surface area is 167 Å². The Morgan fingerprint density at radius 3 is 2.76 bits per heavy atom. The molecule has 1 saturated carbocycles. The molecule has 152 valence electrons. The van der Waals surface area contributed by atoms with Crippen molar-refractivity contribution in [2.24, 2.45) is 11.8 Å². The molecule has 3 aliphatic rings. The number of nitrogens with one attached hydrogen (secondary N) is 1. The van der Waals surface area contributed by atoms with Crippen LogP contribution in [0.5, 0.6) is 0 Å². The zero-order valence-electron chi connectivity index (χ0n) is 16.1. The average molecular weight is 396 g/mol. The molecule has 0 radical (unpaired) electrons. The fourth-order valence-electron chi connectivity index (χ4n) is 4.95. The summed E-state index contributed by atoms with van der Waals surface area (Å²) in [6.45, 7) is 2.12. The standard InChI is InChI=1S/C19H24N8O2/c20-19-21-7-12(8-22-19)18(29)26-9-11-4-5-14(13(11)10-26)23-17(28)16-25-24-15-3-1-2-6-27(15)16/h7-8,11,13-14H,1-6,9-10H2,(H,23,28)(H2,20,21,22). The number of nitrogens with zero attached hydrogens (tertiary/aromatic N) is 6. The van der Waals surface area contributed by atoms with E-state index in [2.05, 4.69) is 25.5 Å². The van der Waals surface area contributed by atoms with Crippen molar-refractivity contribution >= 4 is 17.8 Å². The van der Waals surface area contributed by atoms with Crippen LogP contribution < -0.4 is 11.1 Å². The highest BCUT2D eigenvalue weighted by molar-refractivity contribution is 5.94. The predicted octanol–water partition coefficient (Wildman–Crippen LogP) is 0.267. The van der Waals surface area contributed by atoms with E-state index in [0.717, 1.165) is 44.5 Å². The molecule has 2 aromatic heterocycles. The number of nitrogens with two attached hydrogens (primary N) is 1. The number of fused-ring (bicyclic) bond motifs is 2. The van der Waals surface area contributed by atoms with Gasteiger partial charge in [-0.05, 0) is 31.6 Å². The number of hydrogen-bond acceptors (Lipinski definition) is 7. The summed E-state index contributed by atoms with van der Waals surface area (Å²) in [7, 11) is 0. The van der Waals surface area contributed by atoms with Crippen LogP contribution in [0.3, 0.4) is 0 Å². The maximum absolute atomic E-state index is 12.8. The van der Waals surface area contributed by atoms with Crippen LogP contribution in [0, 0.1) is 11.8 Å². The maximum atomic E-state index is 12.8. The summed E-state index contributed by atoms with van der Waals surface area (Å²) in [6.07, 6.45) is 7.87. The Hall–Kier alpha value is -3.04. The number of amides is 2. The van der Waals surface area contributed by atoms with Crippen molar-refractivity contribution in [3.63, 3.8) is 0 Å². The van der Waals surface area contributed by atoms with Crippen LogP contribution in [0.1, 0.15) is 52.5 Å². The minimum atomic E-state index is -0.159. The number of carbonyl (C=O) groups is 2. The molecular formula is C19H24N8O2. The third kappa shape index (κ3) is 3.22. The second-order valence-corrected chi connectivity index (χ2v) is 8.17. The molecule has 2 fully saturated rings. The molecule has 3 unspecified atom stereocenters. The first-order valence-corrected chi connectivity index (χ1v) is 10.2. The molecule has 10 nitrogen and oxygen atoms in total. The number of likely N-dealkylation sites (tertiary alicyclic amines) is 1. The molecular weight excluding hydrogens is 372 g/mol. The first-order chi connectivity index (χ1) is 14.1. The van der Waals surface area contributed by atoms with Gasteiger partial charge in [-0.1, -0.05) is 0 Å². The molecule has 2 aromatic rings. The molecule has 1 saturated heterocycles. The van der Waals surface area contributed by atoms with Crippen molar-refractivity contribution < 1.29 is 9.59 Å². The number of carbonyl (C=O) groups excluding carboxylic acids is 2. The molecule has 29 heavy (non-hydrogen) atoms. The Kier molecular flexibility index (Phi) is 4.40. The van der Waals surface area contributed by atoms with Crippen molar-refractivity contribution in [2.75, 3.05) is 18.8 Å². The number of anilines is 1. The fraction of sp³-hybridized carbons (Fsp3) is 0.579. The van der Waals surface area contributed by atoms with Gasteiger partial charge in [0, 0.05) is 50.4 Å². The lowest BCUT2D eigenvalue weighted by Gasteiger charge is -2.22. The molecule has 10 heteroatoms. The fourth-order valence-corrected chi connectivity index (χ4v) is 4.95. The quantitative estimate of drug-likeness (QED) is 0.761. The SMILES string of the molecule is Nc1ncc(C(=O)N2CC3CCC(NC(=O)c4nnc5n4CCCC5)C3C2)cn1. The number of aromatic nitrogens is 5. The number of nitrogen functional groups attached to an aromatic ring is 1. The smallest absolute Gasteiger partial charge is 0.289 e. The molecule has 4 heterocycles. The van der Waals surface area contributed by atoms with Crippen molar-refractivity contribution in [3.8, 4) is 0 Å². The van der Waals surface area contributed by atoms with Crippen molar-refractivity contribution in [1.82, 2.24) is 34.9 Å². The van der Waals surface area contributed by atoms with E-state index in [1.807, 2.05) is 9.47 Å². The summed E-state index contributed by atoms with van der Waals surface area (Å²) in [5.41, 5.74) is 5.94. The third-order valence-electron chi connectivity index (χ3n) is 6.44. The maximum Gasteiger partial charge on any atom is 0.289 e. The number of aryl methyl sites for hydroxylation is 1. The summed E-state index contributed by atoms with van der Waals surface area (Å²) in [5.74, 6) is 1.86. The molecule has 1 aliphatic carbocycles. The van der Waals surface area contributed by atoms with E-state index < -0.39 is 0 Å². The summed E-state index contributed by atoms with van der Waals surface area (Å²) in [5, 5.41) is 11.5. The van der Waals surface area contributed by atoms with E-state index in [9.17, 15) is 9.59 Å². The lowest BCUT2D eigenvalue weighted by atomic mass is 9.98. The Morgan fingerprint density at radius 2 is 1.93 bits per heavy atom. The minimum Gasteiger partial charge on any atom is -0.368 e. The van der Waals surface area contributed by atoms with Crippen LogP contribution in [0.15, 0.2) is 12.4 Å². The van der Waals surface area contributed by atoms with Crippen molar-refractivity contribution in [1.29, 1.82) is 0 Å². The van der Waals surface area contributed by atoms with Crippen LogP contribution >= 0.6 is 0 Å². The summed E-state index contributed by atoms with van der Waals surface area (Å²) in [4.78, 5) is 35.3. The minimum absolute atomic E-state index is 0.0458. The largest absolute Gasteiger partial charge is 0.368 e. The molecule has 0 spiro atoms. The van der Waals surface area contributed by atoms with E-state index in [-0.39, 0.29) is 29.7 Å². The topological polar surface area (TPSA) is 132 Å². The van der Waals surface area contributed by atoms with E-state index in [1.54, 1.807) is 0 Å². The van der Waals surface area contributed by atoms with E-state index in [1.165, 1.54) is 12.4 Å². The van der Waals surface area contributed by atoms with Gasteiger partial charge in [0.05, 0.1) is 5.56 Å². The second kappa shape index (κ2) is 7.09. The van der Waals surface area contributed by atoms with Gasteiger partial charge in [0.2, 0.25) is 11.8 Å². The lowest BCUT2D eigenvalue weighted by Crippen LogP contribution is -2.41. The molecule has 0 aromatic carbocycles. The Morgan fingerprint density at radius 1 is 1.10 bits per heavy atom. The van der Waals surface area contributed by atoms with Gasteiger partial charge in [-0.25, -0.2) is 9.97 Å². The second-order valence-electron chi connectivity index (χ2n) is 8.17. The van der Waals surface area contributed by atoms with Gasteiger partial charge in [-0.2, -0.15) is 0 Å². The molecule has 2 amide bonds. The van der Waals surface area contributed by atoms with Gasteiger partial charge >= 0.3 is 0 Å². The zero-order valence-corrected chi connectivity index (χ0v) is 16.1. The van der Waals surface area contributed by atoms with Crippen LogP contribution in [0.25, 0.3) is 0 Å². The van der Waals surface area contributed by atoms with Crippen LogP contribution in [-0.4, -0.2) is 60.6 Å². The van der Waals surface area contributed by atoms with Gasteiger partial charge in [0.15, 0.2) is 0 Å². The van der Waals surface area contributed by atoms with E-state index in [0.29, 0.717) is 30.4 Å². The first kappa shape index (κ1) is 18.0. The average Bonchev–Trinajstić information content (AvgIpc) is 3.43. The van der Waals surface area contributed by atoms with Crippen molar-refractivity contribution in [2.45, 2.75) is 44.7 Å². The predicted molar refractivity (Wildman–Crippen MR) is 103 cm³/mol.